The standard InChI is InChI=1S/C16H18O4/c1-18-12-6-4-11(5-7-12)8-14-15(17)9-13(19-2)10-16(14)20-3/h4-7,9-10,17H,8H2,1-3H3. The zero-order chi connectivity index (χ0) is 14.5. The summed E-state index contributed by atoms with van der Waals surface area (Å²) >= 11 is 0. The van der Waals surface area contributed by atoms with Crippen LogP contribution in [0.3, 0.4) is 0 Å². The number of ether oxygens (including phenoxy) is 3. The first-order valence-corrected chi connectivity index (χ1v) is 6.24. The molecule has 4 heteroatoms. The molecule has 0 spiro atoms. The molecule has 0 heterocycles. The smallest absolute Gasteiger partial charge is 0.129 e. The van der Waals surface area contributed by atoms with Crippen molar-refractivity contribution in [1.29, 1.82) is 0 Å². The van der Waals surface area contributed by atoms with E-state index in [9.17, 15) is 5.11 Å². The Morgan fingerprint density at radius 3 is 2.05 bits per heavy atom. The van der Waals surface area contributed by atoms with E-state index in [1.165, 1.54) is 0 Å². The number of hydrogen-bond donors (Lipinski definition) is 1. The molecule has 0 unspecified atom stereocenters. The van der Waals surface area contributed by atoms with Crippen molar-refractivity contribution in [2.75, 3.05) is 21.3 Å². The summed E-state index contributed by atoms with van der Waals surface area (Å²) < 4.78 is 15.6. The number of phenolic OH excluding ortho intramolecular Hbond substituents is 1. The molecule has 0 aliphatic rings. The van der Waals surface area contributed by atoms with E-state index in [-0.39, 0.29) is 5.75 Å². The lowest BCUT2D eigenvalue weighted by molar-refractivity contribution is 0.380. The third-order valence-electron chi connectivity index (χ3n) is 3.15. The van der Waals surface area contributed by atoms with Crippen molar-refractivity contribution in [2.45, 2.75) is 6.42 Å². The van der Waals surface area contributed by atoms with Gasteiger partial charge in [-0.3, -0.25) is 0 Å². The average Bonchev–Trinajstić information content (AvgIpc) is 2.49. The predicted octanol–water partition coefficient (Wildman–Crippen LogP) is 3.01. The highest BCUT2D eigenvalue weighted by atomic mass is 16.5. The van der Waals surface area contributed by atoms with E-state index in [0.717, 1.165) is 16.9 Å². The van der Waals surface area contributed by atoms with Gasteiger partial charge in [0, 0.05) is 24.1 Å². The van der Waals surface area contributed by atoms with E-state index in [1.807, 2.05) is 24.3 Å². The molecule has 2 rings (SSSR count). The minimum atomic E-state index is 0.164. The summed E-state index contributed by atoms with van der Waals surface area (Å²) in [6.07, 6.45) is 0.572. The Hall–Kier alpha value is -2.36. The van der Waals surface area contributed by atoms with Crippen LogP contribution in [0.4, 0.5) is 0 Å². The third-order valence-corrected chi connectivity index (χ3v) is 3.15. The second-order valence-electron chi connectivity index (χ2n) is 4.35. The molecule has 0 aliphatic heterocycles. The number of aromatic hydroxyl groups is 1. The van der Waals surface area contributed by atoms with Crippen molar-refractivity contribution < 1.29 is 19.3 Å². The van der Waals surface area contributed by atoms with Gasteiger partial charge in [-0.25, -0.2) is 0 Å². The fraction of sp³-hybridized carbons (Fsp3) is 0.250. The molecule has 0 atom stereocenters. The monoisotopic (exact) mass is 274 g/mol. The summed E-state index contributed by atoms with van der Waals surface area (Å²) in [5.41, 5.74) is 1.79. The highest BCUT2D eigenvalue weighted by molar-refractivity contribution is 5.52. The summed E-state index contributed by atoms with van der Waals surface area (Å²) in [6.45, 7) is 0. The van der Waals surface area contributed by atoms with Crippen molar-refractivity contribution in [3.63, 3.8) is 0 Å². The Labute approximate surface area is 118 Å². The first-order valence-electron chi connectivity index (χ1n) is 6.24. The van der Waals surface area contributed by atoms with E-state index >= 15 is 0 Å². The van der Waals surface area contributed by atoms with E-state index < -0.39 is 0 Å². The van der Waals surface area contributed by atoms with Gasteiger partial charge in [-0.1, -0.05) is 12.1 Å². The van der Waals surface area contributed by atoms with E-state index in [0.29, 0.717) is 17.9 Å². The lowest BCUT2D eigenvalue weighted by Gasteiger charge is -2.13. The van der Waals surface area contributed by atoms with Crippen LogP contribution < -0.4 is 14.2 Å². The lowest BCUT2D eigenvalue weighted by Crippen LogP contribution is -1.96. The maximum absolute atomic E-state index is 10.1. The van der Waals surface area contributed by atoms with Crippen molar-refractivity contribution in [3.05, 3.63) is 47.5 Å². The average molecular weight is 274 g/mol. The minimum absolute atomic E-state index is 0.164. The third kappa shape index (κ3) is 2.96. The molecule has 4 nitrogen and oxygen atoms in total. The Morgan fingerprint density at radius 1 is 0.850 bits per heavy atom. The first kappa shape index (κ1) is 14.1. The lowest BCUT2D eigenvalue weighted by atomic mass is 10.0. The van der Waals surface area contributed by atoms with Gasteiger partial charge in [0.2, 0.25) is 0 Å². The zero-order valence-electron chi connectivity index (χ0n) is 11.8. The molecule has 0 bridgehead atoms. The van der Waals surface area contributed by atoms with Gasteiger partial charge in [0.15, 0.2) is 0 Å². The maximum Gasteiger partial charge on any atom is 0.129 e. The zero-order valence-corrected chi connectivity index (χ0v) is 11.8. The molecule has 0 amide bonds. The largest absolute Gasteiger partial charge is 0.507 e. The van der Waals surface area contributed by atoms with E-state index in [1.54, 1.807) is 33.5 Å². The molecule has 2 aromatic rings. The van der Waals surface area contributed by atoms with Crippen molar-refractivity contribution in [1.82, 2.24) is 0 Å². The molecule has 1 N–H and O–H groups in total. The molecule has 106 valence electrons. The Balaban J connectivity index is 2.31. The number of rotatable bonds is 5. The van der Waals surface area contributed by atoms with Gasteiger partial charge in [0.25, 0.3) is 0 Å². The van der Waals surface area contributed by atoms with Gasteiger partial charge < -0.3 is 19.3 Å². The van der Waals surface area contributed by atoms with Crippen molar-refractivity contribution in [2.24, 2.45) is 0 Å². The fourth-order valence-corrected chi connectivity index (χ4v) is 2.03. The predicted molar refractivity (Wildman–Crippen MR) is 77.0 cm³/mol. The summed E-state index contributed by atoms with van der Waals surface area (Å²) in [5.74, 6) is 2.15. The minimum Gasteiger partial charge on any atom is -0.507 e. The highest BCUT2D eigenvalue weighted by Gasteiger charge is 2.12. The van der Waals surface area contributed by atoms with Crippen LogP contribution in [-0.4, -0.2) is 26.4 Å². The Morgan fingerprint density at radius 2 is 1.50 bits per heavy atom. The molecule has 0 aromatic heterocycles. The summed E-state index contributed by atoms with van der Waals surface area (Å²) in [7, 11) is 4.76. The summed E-state index contributed by atoms with van der Waals surface area (Å²) in [6, 6.07) is 11.1. The van der Waals surface area contributed by atoms with Crippen LogP contribution in [0.25, 0.3) is 0 Å². The second-order valence-corrected chi connectivity index (χ2v) is 4.35. The number of methoxy groups -OCH3 is 3. The van der Waals surface area contributed by atoms with E-state index in [4.69, 9.17) is 14.2 Å². The number of hydrogen-bond acceptors (Lipinski definition) is 4. The molecule has 0 fully saturated rings. The second kappa shape index (κ2) is 6.19. The van der Waals surface area contributed by atoms with Gasteiger partial charge in [-0.15, -0.1) is 0 Å². The summed E-state index contributed by atoms with van der Waals surface area (Å²) in [4.78, 5) is 0. The van der Waals surface area contributed by atoms with Gasteiger partial charge in [-0.05, 0) is 17.7 Å². The molecule has 0 aliphatic carbocycles. The maximum atomic E-state index is 10.1. The fourth-order valence-electron chi connectivity index (χ4n) is 2.03. The molecule has 20 heavy (non-hydrogen) atoms. The van der Waals surface area contributed by atoms with Gasteiger partial charge in [0.1, 0.15) is 23.0 Å². The molecule has 0 radical (unpaired) electrons. The van der Waals surface area contributed by atoms with E-state index in [2.05, 4.69) is 0 Å². The summed E-state index contributed by atoms with van der Waals surface area (Å²) in [5, 5.41) is 10.1. The molecular formula is C16H18O4. The quantitative estimate of drug-likeness (QED) is 0.910. The van der Waals surface area contributed by atoms with Gasteiger partial charge in [-0.2, -0.15) is 0 Å². The van der Waals surface area contributed by atoms with Gasteiger partial charge >= 0.3 is 0 Å². The van der Waals surface area contributed by atoms with Crippen LogP contribution in [0, 0.1) is 0 Å². The van der Waals surface area contributed by atoms with Gasteiger partial charge in [0.05, 0.1) is 21.3 Å². The molecule has 0 saturated heterocycles. The topological polar surface area (TPSA) is 47.9 Å². The number of phenols is 1. The van der Waals surface area contributed by atoms with Crippen LogP contribution in [0.15, 0.2) is 36.4 Å². The highest BCUT2D eigenvalue weighted by Crippen LogP contribution is 2.35. The normalized spacial score (nSPS) is 10.2. The molecular weight excluding hydrogens is 256 g/mol. The van der Waals surface area contributed by atoms with Crippen LogP contribution in [-0.2, 0) is 6.42 Å². The SMILES string of the molecule is COc1ccc(Cc2c(O)cc(OC)cc2OC)cc1. The Kier molecular flexibility index (Phi) is 4.35. The van der Waals surface area contributed by atoms with Crippen LogP contribution in [0.1, 0.15) is 11.1 Å². The molecule has 0 saturated carbocycles. The Bertz CT molecular complexity index is 576. The number of benzene rings is 2. The van der Waals surface area contributed by atoms with Crippen molar-refractivity contribution >= 4 is 0 Å². The van der Waals surface area contributed by atoms with Crippen LogP contribution >= 0.6 is 0 Å². The van der Waals surface area contributed by atoms with Crippen molar-refractivity contribution in [3.8, 4) is 23.0 Å². The van der Waals surface area contributed by atoms with Crippen LogP contribution in [0.2, 0.25) is 0 Å². The van der Waals surface area contributed by atoms with Crippen LogP contribution in [0.5, 0.6) is 23.0 Å². The molecule has 2 aromatic carbocycles. The first-order chi connectivity index (χ1) is 9.67.